The van der Waals surface area contributed by atoms with Crippen LogP contribution in [0, 0.1) is 5.92 Å². The van der Waals surface area contributed by atoms with Crippen molar-refractivity contribution in [2.45, 2.75) is 45.1 Å². The van der Waals surface area contributed by atoms with E-state index >= 15 is 0 Å². The SMILES string of the molecule is CCCCC(CN)NC(=O)C1CCN(c2ccc3nncn3n2)CC1.Cl. The van der Waals surface area contributed by atoms with Gasteiger partial charge in [0, 0.05) is 31.6 Å². The maximum absolute atomic E-state index is 12.5. The number of anilines is 1. The summed E-state index contributed by atoms with van der Waals surface area (Å²) in [6.45, 7) is 4.30. The number of hydrogen-bond acceptors (Lipinski definition) is 6. The number of carbonyl (C=O) groups excluding carboxylic acids is 1. The number of nitrogens with one attached hydrogen (secondary N) is 1. The Kier molecular flexibility index (Phi) is 7.59. The van der Waals surface area contributed by atoms with E-state index in [1.54, 1.807) is 10.8 Å². The largest absolute Gasteiger partial charge is 0.355 e. The molecule has 2 aromatic rings. The molecule has 0 saturated carbocycles. The van der Waals surface area contributed by atoms with E-state index in [4.69, 9.17) is 5.73 Å². The zero-order valence-electron chi connectivity index (χ0n) is 15.2. The van der Waals surface area contributed by atoms with Gasteiger partial charge in [-0.2, -0.15) is 4.52 Å². The van der Waals surface area contributed by atoms with Gasteiger partial charge in [-0.1, -0.05) is 19.8 Å². The summed E-state index contributed by atoms with van der Waals surface area (Å²) in [6.07, 6.45) is 6.44. The first-order valence-corrected chi connectivity index (χ1v) is 9.13. The van der Waals surface area contributed by atoms with Gasteiger partial charge in [-0.3, -0.25) is 4.79 Å². The van der Waals surface area contributed by atoms with Crippen molar-refractivity contribution in [3.63, 3.8) is 0 Å². The van der Waals surface area contributed by atoms with E-state index in [1.807, 2.05) is 12.1 Å². The fraction of sp³-hybridized carbons (Fsp3) is 0.647. The summed E-state index contributed by atoms with van der Waals surface area (Å²) in [5.74, 6) is 1.10. The number of unbranched alkanes of at least 4 members (excludes halogenated alkanes) is 1. The minimum Gasteiger partial charge on any atom is -0.355 e. The highest BCUT2D eigenvalue weighted by molar-refractivity contribution is 5.85. The lowest BCUT2D eigenvalue weighted by molar-refractivity contribution is -0.126. The number of aromatic nitrogens is 4. The number of amides is 1. The average molecular weight is 382 g/mol. The average Bonchev–Trinajstić information content (AvgIpc) is 3.12. The number of halogens is 1. The van der Waals surface area contributed by atoms with Crippen LogP contribution in [0.1, 0.15) is 39.0 Å². The molecular weight excluding hydrogens is 354 g/mol. The molecule has 1 aliphatic heterocycles. The number of rotatable bonds is 7. The van der Waals surface area contributed by atoms with Crippen molar-refractivity contribution < 1.29 is 4.79 Å². The van der Waals surface area contributed by atoms with Crippen LogP contribution in [0.25, 0.3) is 5.65 Å². The molecule has 9 heteroatoms. The maximum Gasteiger partial charge on any atom is 0.223 e. The fourth-order valence-corrected chi connectivity index (χ4v) is 3.28. The van der Waals surface area contributed by atoms with E-state index < -0.39 is 0 Å². The van der Waals surface area contributed by atoms with Crippen LogP contribution in [-0.4, -0.2) is 51.4 Å². The second-order valence-electron chi connectivity index (χ2n) is 6.67. The molecule has 0 aromatic carbocycles. The molecule has 2 aromatic heterocycles. The van der Waals surface area contributed by atoms with Gasteiger partial charge < -0.3 is 16.0 Å². The van der Waals surface area contributed by atoms with Crippen LogP contribution in [0.3, 0.4) is 0 Å². The molecule has 0 bridgehead atoms. The Morgan fingerprint density at radius 1 is 1.38 bits per heavy atom. The predicted octanol–water partition coefficient (Wildman–Crippen LogP) is 1.40. The molecule has 1 amide bonds. The van der Waals surface area contributed by atoms with Gasteiger partial charge in [0.15, 0.2) is 5.65 Å². The summed E-state index contributed by atoms with van der Waals surface area (Å²) in [7, 11) is 0. The van der Waals surface area contributed by atoms with E-state index in [-0.39, 0.29) is 30.3 Å². The predicted molar refractivity (Wildman–Crippen MR) is 103 cm³/mol. The standard InChI is InChI=1S/C17H27N7O.ClH/c1-2-3-4-14(11-18)20-17(25)13-7-9-23(10-8-13)16-6-5-15-21-19-12-24(15)22-16;/h5-6,12-14H,2-4,7-11,18H2,1H3,(H,20,25);1H. The molecule has 26 heavy (non-hydrogen) atoms. The van der Waals surface area contributed by atoms with Crippen molar-refractivity contribution in [1.82, 2.24) is 25.1 Å². The van der Waals surface area contributed by atoms with E-state index in [0.717, 1.165) is 56.7 Å². The zero-order chi connectivity index (χ0) is 17.6. The summed E-state index contributed by atoms with van der Waals surface area (Å²) in [5.41, 5.74) is 6.52. The van der Waals surface area contributed by atoms with Crippen molar-refractivity contribution in [1.29, 1.82) is 0 Å². The Balaban J connectivity index is 0.00000243. The highest BCUT2D eigenvalue weighted by atomic mass is 35.5. The second-order valence-corrected chi connectivity index (χ2v) is 6.67. The normalized spacial score (nSPS) is 16.3. The maximum atomic E-state index is 12.5. The number of nitrogens with two attached hydrogens (primary N) is 1. The van der Waals surface area contributed by atoms with Gasteiger partial charge in [-0.15, -0.1) is 27.7 Å². The number of piperidine rings is 1. The fourth-order valence-electron chi connectivity index (χ4n) is 3.28. The molecule has 3 rings (SSSR count). The molecule has 1 aliphatic rings. The first-order valence-electron chi connectivity index (χ1n) is 9.13. The van der Waals surface area contributed by atoms with Crippen molar-refractivity contribution in [2.75, 3.05) is 24.5 Å². The number of nitrogens with zero attached hydrogens (tertiary/aromatic N) is 5. The quantitative estimate of drug-likeness (QED) is 0.751. The van der Waals surface area contributed by atoms with Gasteiger partial charge in [0.25, 0.3) is 0 Å². The van der Waals surface area contributed by atoms with Gasteiger partial charge in [0.2, 0.25) is 5.91 Å². The van der Waals surface area contributed by atoms with Crippen LogP contribution in [0.2, 0.25) is 0 Å². The lowest BCUT2D eigenvalue weighted by Crippen LogP contribution is -2.46. The molecule has 1 atom stereocenters. The van der Waals surface area contributed by atoms with Crippen molar-refractivity contribution in [3.05, 3.63) is 18.5 Å². The van der Waals surface area contributed by atoms with Crippen molar-refractivity contribution in [3.8, 4) is 0 Å². The Morgan fingerprint density at radius 2 is 2.15 bits per heavy atom. The number of hydrogen-bond donors (Lipinski definition) is 2. The minimum atomic E-state index is 0. The second kappa shape index (κ2) is 9.68. The summed E-state index contributed by atoms with van der Waals surface area (Å²) >= 11 is 0. The van der Waals surface area contributed by atoms with E-state index in [0.29, 0.717) is 6.54 Å². The molecule has 8 nitrogen and oxygen atoms in total. The highest BCUT2D eigenvalue weighted by Gasteiger charge is 2.27. The van der Waals surface area contributed by atoms with Gasteiger partial charge in [0.1, 0.15) is 12.1 Å². The molecule has 1 unspecified atom stereocenters. The minimum absolute atomic E-state index is 0. The molecular formula is C17H28ClN7O. The van der Waals surface area contributed by atoms with Crippen LogP contribution in [0.5, 0.6) is 0 Å². The van der Waals surface area contributed by atoms with Gasteiger partial charge in [0.05, 0.1) is 0 Å². The third-order valence-electron chi connectivity index (χ3n) is 4.87. The van der Waals surface area contributed by atoms with E-state index in [9.17, 15) is 4.79 Å². The number of carbonyl (C=O) groups is 1. The Morgan fingerprint density at radius 3 is 2.85 bits per heavy atom. The highest BCUT2D eigenvalue weighted by Crippen LogP contribution is 2.22. The Bertz CT molecular complexity index is 699. The molecule has 3 N–H and O–H groups in total. The van der Waals surface area contributed by atoms with Gasteiger partial charge >= 0.3 is 0 Å². The van der Waals surface area contributed by atoms with Crippen molar-refractivity contribution >= 4 is 29.8 Å². The van der Waals surface area contributed by atoms with E-state index in [2.05, 4.69) is 32.4 Å². The molecule has 0 spiro atoms. The van der Waals surface area contributed by atoms with Crippen LogP contribution < -0.4 is 16.0 Å². The van der Waals surface area contributed by atoms with Crippen LogP contribution in [0.15, 0.2) is 18.5 Å². The van der Waals surface area contributed by atoms with Crippen LogP contribution >= 0.6 is 12.4 Å². The summed E-state index contributed by atoms with van der Waals surface area (Å²) in [4.78, 5) is 14.7. The lowest BCUT2D eigenvalue weighted by Gasteiger charge is -2.32. The molecule has 144 valence electrons. The summed E-state index contributed by atoms with van der Waals surface area (Å²) in [5, 5.41) is 15.5. The first kappa shape index (κ1) is 20.4. The molecule has 1 fully saturated rings. The van der Waals surface area contributed by atoms with Crippen LogP contribution in [0.4, 0.5) is 5.82 Å². The Hall–Kier alpha value is -1.93. The molecule has 0 radical (unpaired) electrons. The Labute approximate surface area is 159 Å². The topological polar surface area (TPSA) is 101 Å². The number of fused-ring (bicyclic) bond motifs is 1. The molecule has 3 heterocycles. The van der Waals surface area contributed by atoms with Gasteiger partial charge in [-0.05, 0) is 31.4 Å². The van der Waals surface area contributed by atoms with E-state index in [1.165, 1.54) is 0 Å². The summed E-state index contributed by atoms with van der Waals surface area (Å²) < 4.78 is 1.67. The zero-order valence-corrected chi connectivity index (χ0v) is 16.0. The van der Waals surface area contributed by atoms with Crippen molar-refractivity contribution in [2.24, 2.45) is 11.7 Å². The summed E-state index contributed by atoms with van der Waals surface area (Å²) in [6, 6.07) is 3.97. The van der Waals surface area contributed by atoms with Gasteiger partial charge in [-0.25, -0.2) is 0 Å². The molecule has 1 saturated heterocycles. The lowest BCUT2D eigenvalue weighted by atomic mass is 9.95. The van der Waals surface area contributed by atoms with Crippen LogP contribution in [-0.2, 0) is 4.79 Å². The third-order valence-corrected chi connectivity index (χ3v) is 4.87. The smallest absolute Gasteiger partial charge is 0.223 e. The first-order chi connectivity index (χ1) is 12.2. The third kappa shape index (κ3) is 4.82. The monoisotopic (exact) mass is 381 g/mol. The molecule has 0 aliphatic carbocycles.